The fourth-order valence-corrected chi connectivity index (χ4v) is 3.23. The zero-order valence-electron chi connectivity index (χ0n) is 8.96. The number of carbonyl (C=O) groups excluding carboxylic acids is 1. The van der Waals surface area contributed by atoms with E-state index in [1.165, 1.54) is 25.7 Å². The molecular formula is C12H19NO. The molecule has 1 saturated heterocycles. The van der Waals surface area contributed by atoms with E-state index in [0.717, 1.165) is 31.3 Å². The van der Waals surface area contributed by atoms with Gasteiger partial charge in [-0.15, -0.1) is 0 Å². The lowest BCUT2D eigenvalue weighted by Gasteiger charge is -2.39. The highest BCUT2D eigenvalue weighted by Crippen LogP contribution is 2.55. The maximum absolute atomic E-state index is 11.3. The molecule has 14 heavy (non-hydrogen) atoms. The smallest absolute Gasteiger partial charge is 0.148 e. The molecule has 1 aliphatic heterocycles. The Kier molecular flexibility index (Phi) is 1.79. The molecule has 0 N–H and O–H groups in total. The molecule has 0 spiro atoms. The van der Waals surface area contributed by atoms with E-state index in [-0.39, 0.29) is 0 Å². The summed E-state index contributed by atoms with van der Waals surface area (Å²) in [6.07, 6.45) is 6.40. The predicted molar refractivity (Wildman–Crippen MR) is 55.1 cm³/mol. The lowest BCUT2D eigenvalue weighted by molar-refractivity contribution is -0.117. The van der Waals surface area contributed by atoms with Crippen LogP contribution >= 0.6 is 0 Å². The number of rotatable bonds is 3. The maximum Gasteiger partial charge on any atom is 0.148 e. The number of likely N-dealkylation sites (tertiary alicyclic amines) is 1. The standard InChI is InChI=1S/C12H19NO/c1-12(9-2-3-9,10-4-5-10)13-7-6-11(14)8-13/h9-10H,2-8H2,1H3. The molecule has 2 heteroatoms. The minimum absolute atomic E-state index is 0.395. The third-order valence-corrected chi connectivity index (χ3v) is 4.52. The lowest BCUT2D eigenvalue weighted by atomic mass is 9.88. The molecule has 0 unspecified atom stereocenters. The SMILES string of the molecule is CC(C1CC1)(C1CC1)N1CCC(=O)C1. The minimum Gasteiger partial charge on any atom is -0.298 e. The van der Waals surface area contributed by atoms with Crippen molar-refractivity contribution in [2.24, 2.45) is 11.8 Å². The molecule has 0 atom stereocenters. The van der Waals surface area contributed by atoms with E-state index in [0.29, 0.717) is 11.3 Å². The molecular weight excluding hydrogens is 174 g/mol. The first-order chi connectivity index (χ1) is 6.71. The fourth-order valence-electron chi connectivity index (χ4n) is 3.23. The Morgan fingerprint density at radius 3 is 2.14 bits per heavy atom. The van der Waals surface area contributed by atoms with Crippen molar-refractivity contribution in [2.75, 3.05) is 13.1 Å². The topological polar surface area (TPSA) is 20.3 Å². The molecule has 2 saturated carbocycles. The van der Waals surface area contributed by atoms with Gasteiger partial charge in [0, 0.05) is 18.5 Å². The van der Waals surface area contributed by atoms with Crippen LogP contribution in [0.15, 0.2) is 0 Å². The summed E-state index contributed by atoms with van der Waals surface area (Å²) in [5.41, 5.74) is 0.395. The molecule has 3 fully saturated rings. The quantitative estimate of drug-likeness (QED) is 0.681. The van der Waals surface area contributed by atoms with Crippen molar-refractivity contribution in [1.29, 1.82) is 0 Å². The zero-order valence-corrected chi connectivity index (χ0v) is 8.96. The summed E-state index contributed by atoms with van der Waals surface area (Å²) in [5, 5.41) is 0. The molecule has 2 nitrogen and oxygen atoms in total. The molecule has 0 radical (unpaired) electrons. The van der Waals surface area contributed by atoms with Crippen molar-refractivity contribution in [1.82, 2.24) is 4.90 Å². The highest BCUT2D eigenvalue weighted by molar-refractivity contribution is 5.82. The van der Waals surface area contributed by atoms with Crippen LogP contribution in [0.25, 0.3) is 0 Å². The Labute approximate surface area is 85.7 Å². The second-order valence-corrected chi connectivity index (χ2v) is 5.48. The maximum atomic E-state index is 11.3. The zero-order chi connectivity index (χ0) is 9.76. The van der Waals surface area contributed by atoms with E-state index in [9.17, 15) is 4.79 Å². The fraction of sp³-hybridized carbons (Fsp3) is 0.917. The average molecular weight is 193 g/mol. The normalized spacial score (nSPS) is 29.9. The first-order valence-electron chi connectivity index (χ1n) is 5.98. The molecule has 0 bridgehead atoms. The molecule has 0 amide bonds. The number of Topliss-reactive ketones (excluding diaryl/α,β-unsaturated/α-hetero) is 1. The van der Waals surface area contributed by atoms with Gasteiger partial charge in [0.05, 0.1) is 6.54 Å². The summed E-state index contributed by atoms with van der Waals surface area (Å²) in [5.74, 6) is 2.26. The molecule has 0 aromatic heterocycles. The lowest BCUT2D eigenvalue weighted by Crippen LogP contribution is -2.49. The van der Waals surface area contributed by atoms with Crippen LogP contribution < -0.4 is 0 Å². The van der Waals surface area contributed by atoms with Gasteiger partial charge in [0.2, 0.25) is 0 Å². The van der Waals surface area contributed by atoms with E-state index in [1.807, 2.05) is 0 Å². The first-order valence-corrected chi connectivity index (χ1v) is 5.98. The Morgan fingerprint density at radius 2 is 1.79 bits per heavy atom. The highest BCUT2D eigenvalue weighted by Gasteiger charge is 2.55. The molecule has 78 valence electrons. The van der Waals surface area contributed by atoms with Gasteiger partial charge in [0.1, 0.15) is 5.78 Å². The largest absolute Gasteiger partial charge is 0.298 e. The van der Waals surface area contributed by atoms with Gasteiger partial charge in [0.15, 0.2) is 0 Å². The van der Waals surface area contributed by atoms with Gasteiger partial charge in [-0.1, -0.05) is 0 Å². The molecule has 0 aromatic carbocycles. The van der Waals surface area contributed by atoms with Gasteiger partial charge < -0.3 is 0 Å². The highest BCUT2D eigenvalue weighted by atomic mass is 16.1. The van der Waals surface area contributed by atoms with E-state index >= 15 is 0 Å². The van der Waals surface area contributed by atoms with Gasteiger partial charge >= 0.3 is 0 Å². The van der Waals surface area contributed by atoms with Crippen molar-refractivity contribution in [3.05, 3.63) is 0 Å². The third-order valence-electron chi connectivity index (χ3n) is 4.52. The van der Waals surface area contributed by atoms with Gasteiger partial charge in [-0.2, -0.15) is 0 Å². The van der Waals surface area contributed by atoms with Crippen molar-refractivity contribution < 1.29 is 4.79 Å². The average Bonchev–Trinajstić information content (AvgIpc) is 3.01. The molecule has 3 rings (SSSR count). The summed E-state index contributed by atoms with van der Waals surface area (Å²) < 4.78 is 0. The van der Waals surface area contributed by atoms with Crippen LogP contribution in [0.4, 0.5) is 0 Å². The van der Waals surface area contributed by atoms with Crippen LogP contribution in [0.3, 0.4) is 0 Å². The summed E-state index contributed by atoms with van der Waals surface area (Å²) >= 11 is 0. The molecule has 3 aliphatic rings. The van der Waals surface area contributed by atoms with Crippen LogP contribution in [-0.2, 0) is 4.79 Å². The second-order valence-electron chi connectivity index (χ2n) is 5.48. The predicted octanol–water partition coefficient (Wildman–Crippen LogP) is 1.84. The monoisotopic (exact) mass is 193 g/mol. The Hall–Kier alpha value is -0.370. The van der Waals surface area contributed by atoms with E-state index in [1.54, 1.807) is 0 Å². The van der Waals surface area contributed by atoms with Gasteiger partial charge in [-0.3, -0.25) is 9.69 Å². The Balaban J connectivity index is 1.80. The summed E-state index contributed by atoms with van der Waals surface area (Å²) in [7, 11) is 0. The van der Waals surface area contributed by atoms with Crippen LogP contribution in [-0.4, -0.2) is 29.3 Å². The van der Waals surface area contributed by atoms with Crippen molar-refractivity contribution in [3.8, 4) is 0 Å². The van der Waals surface area contributed by atoms with Crippen LogP contribution in [0.1, 0.15) is 39.0 Å². The number of carbonyl (C=O) groups is 1. The second kappa shape index (κ2) is 2.82. The van der Waals surface area contributed by atoms with E-state index in [4.69, 9.17) is 0 Å². The Morgan fingerprint density at radius 1 is 1.21 bits per heavy atom. The van der Waals surface area contributed by atoms with Crippen molar-refractivity contribution in [3.63, 3.8) is 0 Å². The summed E-state index contributed by atoms with van der Waals surface area (Å²) in [6.45, 7) is 4.19. The van der Waals surface area contributed by atoms with E-state index in [2.05, 4.69) is 11.8 Å². The van der Waals surface area contributed by atoms with Gasteiger partial charge in [-0.25, -0.2) is 0 Å². The third kappa shape index (κ3) is 1.23. The first kappa shape index (κ1) is 8.90. The molecule has 0 aromatic rings. The summed E-state index contributed by atoms with van der Waals surface area (Å²) in [4.78, 5) is 13.8. The van der Waals surface area contributed by atoms with Gasteiger partial charge in [-0.05, 0) is 44.4 Å². The minimum atomic E-state index is 0.395. The summed E-state index contributed by atoms with van der Waals surface area (Å²) in [6, 6.07) is 0. The van der Waals surface area contributed by atoms with Crippen molar-refractivity contribution >= 4 is 5.78 Å². The van der Waals surface area contributed by atoms with Crippen LogP contribution in [0.2, 0.25) is 0 Å². The number of hydrogen-bond donors (Lipinski definition) is 0. The van der Waals surface area contributed by atoms with Crippen molar-refractivity contribution in [2.45, 2.75) is 44.6 Å². The van der Waals surface area contributed by atoms with Gasteiger partial charge in [0.25, 0.3) is 0 Å². The molecule has 2 aliphatic carbocycles. The number of nitrogens with zero attached hydrogens (tertiary/aromatic N) is 1. The number of ketones is 1. The van der Waals surface area contributed by atoms with Crippen LogP contribution in [0.5, 0.6) is 0 Å². The van der Waals surface area contributed by atoms with Crippen LogP contribution in [0, 0.1) is 11.8 Å². The molecule has 1 heterocycles. The van der Waals surface area contributed by atoms with E-state index < -0.39 is 0 Å². The number of hydrogen-bond acceptors (Lipinski definition) is 2. The Bertz CT molecular complexity index is 253.